The molecule has 0 aromatic rings. The molecule has 0 saturated heterocycles. The van der Waals surface area contributed by atoms with Gasteiger partial charge in [-0.15, -0.1) is 0 Å². The summed E-state index contributed by atoms with van der Waals surface area (Å²) in [7, 11) is 2.98. The summed E-state index contributed by atoms with van der Waals surface area (Å²) in [6.07, 6.45) is 0. The Kier molecular flexibility index (Phi) is 19.9. The molecule has 0 fully saturated rings. The Labute approximate surface area is 49.2 Å². The van der Waals surface area contributed by atoms with E-state index in [4.69, 9.17) is 5.11 Å². The quantitative estimate of drug-likeness (QED) is 0.221. The molecule has 0 atom stereocenters. The van der Waals surface area contributed by atoms with Crippen molar-refractivity contribution < 1.29 is 34.7 Å². The van der Waals surface area contributed by atoms with Gasteiger partial charge in [-0.25, -0.2) is 0 Å². The van der Waals surface area contributed by atoms with Crippen LogP contribution in [0.15, 0.2) is 0 Å². The van der Waals surface area contributed by atoms with Crippen molar-refractivity contribution in [2.75, 3.05) is 0 Å². The van der Waals surface area contributed by atoms with E-state index >= 15 is 0 Å². The summed E-state index contributed by atoms with van der Waals surface area (Å²) in [5.41, 5.74) is 0. The summed E-state index contributed by atoms with van der Waals surface area (Å²) in [4.78, 5) is 0. The minimum atomic E-state index is 0. The van der Waals surface area contributed by atoms with Crippen molar-refractivity contribution in [1.29, 1.82) is 0 Å². The summed E-state index contributed by atoms with van der Waals surface area (Å²) in [6.45, 7) is 0. The maximum atomic E-state index is 8.54. The van der Waals surface area contributed by atoms with Gasteiger partial charge in [-0.2, -0.15) is 0 Å². The van der Waals surface area contributed by atoms with Crippen LogP contribution in [0.4, 0.5) is 0 Å². The predicted molar refractivity (Wildman–Crippen MR) is 10.8 cm³/mol. The van der Waals surface area contributed by atoms with Crippen molar-refractivity contribution in [3.05, 3.63) is 0 Å². The van der Waals surface area contributed by atoms with E-state index in [1.807, 2.05) is 0 Å². The molecule has 0 radical (unpaired) electrons. The van der Waals surface area contributed by atoms with Crippen molar-refractivity contribution in [1.82, 2.24) is 0 Å². The van der Waals surface area contributed by atoms with E-state index < -0.39 is 0 Å². The van der Waals surface area contributed by atoms with Gasteiger partial charge in [-0.3, -0.25) is 0 Å². The zero-order chi connectivity index (χ0) is 2.71. The van der Waals surface area contributed by atoms with Gasteiger partial charge in [-0.05, 0) is 0 Å². The van der Waals surface area contributed by atoms with Crippen molar-refractivity contribution >= 4 is 8.70 Å². The molecule has 1 nitrogen and oxygen atoms in total. The minimum absolute atomic E-state index is 0. The molecular formula is CNaOP. The summed E-state index contributed by atoms with van der Waals surface area (Å²) in [5.74, 6) is 1.19. The molecule has 4 heavy (non-hydrogen) atoms. The molecule has 0 aromatic heterocycles. The van der Waals surface area contributed by atoms with Crippen molar-refractivity contribution in [2.45, 2.75) is 0 Å². The van der Waals surface area contributed by atoms with Crippen LogP contribution in [0.2, 0.25) is 0 Å². The normalized spacial score (nSPS) is 2.00. The number of hydrogen-bond donors (Lipinski definition) is 0. The Balaban J connectivity index is 0. The van der Waals surface area contributed by atoms with Gasteiger partial charge in [0, 0.05) is 0 Å². The molecule has 0 aromatic carbocycles. The average molecular weight is 82.0 g/mol. The van der Waals surface area contributed by atoms with Crippen LogP contribution >= 0.6 is 8.70 Å². The van der Waals surface area contributed by atoms with Crippen LogP contribution in [0.3, 0.4) is 0 Å². The fraction of sp³-hybridized carbons (Fsp3) is 0. The second-order valence-corrected chi connectivity index (χ2v) is 0.274. The van der Waals surface area contributed by atoms with E-state index in [9.17, 15) is 0 Å². The van der Waals surface area contributed by atoms with Gasteiger partial charge < -0.3 is 0 Å². The Morgan fingerprint density at radius 1 is 1.75 bits per heavy atom. The molecule has 16 valence electrons. The van der Waals surface area contributed by atoms with Gasteiger partial charge in [0.05, 0.1) is 0 Å². The third kappa shape index (κ3) is 10.9. The molecule has 0 bridgehead atoms. The van der Waals surface area contributed by atoms with Gasteiger partial charge in [0.1, 0.15) is 0 Å². The first-order chi connectivity index (χ1) is 1.41. The average Bonchev–Trinajstić information content (AvgIpc) is 0.918. The third-order valence-corrected chi connectivity index (χ3v) is 0. The summed E-state index contributed by atoms with van der Waals surface area (Å²) >= 11 is 0. The van der Waals surface area contributed by atoms with Crippen LogP contribution in [-0.4, -0.2) is 0 Å². The molecule has 0 aliphatic carbocycles. The summed E-state index contributed by atoms with van der Waals surface area (Å²) in [5, 5.41) is 8.54. The Bertz CT molecular complexity index is 29.5. The van der Waals surface area contributed by atoms with E-state index in [0.29, 0.717) is 0 Å². The van der Waals surface area contributed by atoms with Crippen LogP contribution in [0.1, 0.15) is 0 Å². The molecule has 0 unspecified atom stereocenters. The van der Waals surface area contributed by atoms with Gasteiger partial charge >= 0.3 is 49.2 Å². The third-order valence-electron chi connectivity index (χ3n) is 0. The topological polar surface area (TPSA) is 23.1 Å². The number of rotatable bonds is 0. The summed E-state index contributed by atoms with van der Waals surface area (Å²) < 4.78 is 0. The van der Waals surface area contributed by atoms with Gasteiger partial charge in [0.15, 0.2) is 0 Å². The van der Waals surface area contributed by atoms with Crippen LogP contribution in [0, 0.1) is 5.81 Å². The zero-order valence-corrected chi connectivity index (χ0v) is 5.25. The molecular weight excluding hydrogens is 82.0 g/mol. The van der Waals surface area contributed by atoms with Crippen LogP contribution in [-0.2, 0) is 0 Å². The second-order valence-electron chi connectivity index (χ2n) is 0.0913. The monoisotopic (exact) mass is 82.0 g/mol. The van der Waals surface area contributed by atoms with E-state index in [-0.39, 0.29) is 29.6 Å². The van der Waals surface area contributed by atoms with Crippen molar-refractivity contribution in [3.63, 3.8) is 0 Å². The Morgan fingerprint density at radius 3 is 1.75 bits per heavy atom. The van der Waals surface area contributed by atoms with Gasteiger partial charge in [0.2, 0.25) is 0 Å². The van der Waals surface area contributed by atoms with Crippen molar-refractivity contribution in [2.24, 2.45) is 0 Å². The molecule has 3 heteroatoms. The molecule has 0 spiro atoms. The first-order valence-electron chi connectivity index (χ1n) is 0.428. The molecule has 0 saturated carbocycles. The molecule has 0 heterocycles. The van der Waals surface area contributed by atoms with E-state index in [1.54, 1.807) is 0 Å². The molecule has 0 rings (SSSR count). The first kappa shape index (κ1) is 8.95. The molecule has 0 aliphatic heterocycles. The van der Waals surface area contributed by atoms with E-state index in [0.717, 1.165) is 0 Å². The van der Waals surface area contributed by atoms with Crippen LogP contribution < -0.4 is 34.7 Å². The van der Waals surface area contributed by atoms with Crippen LogP contribution in [0.5, 0.6) is 0 Å². The van der Waals surface area contributed by atoms with Gasteiger partial charge in [0.25, 0.3) is 0 Å². The molecule has 0 N–H and O–H groups in total. The fourth-order valence-electron chi connectivity index (χ4n) is 0. The summed E-state index contributed by atoms with van der Waals surface area (Å²) in [6, 6.07) is 0. The Morgan fingerprint density at radius 2 is 1.75 bits per heavy atom. The number of hydrogen-bond acceptors (Lipinski definition) is 1. The first-order valence-corrected chi connectivity index (χ1v) is 0.875. The van der Waals surface area contributed by atoms with E-state index in [1.165, 1.54) is 5.81 Å². The Hall–Kier alpha value is 1.17. The molecule has 0 amide bonds. The van der Waals surface area contributed by atoms with Crippen LogP contribution in [0.25, 0.3) is 0 Å². The predicted octanol–water partition coefficient (Wildman–Crippen LogP) is -3.32. The van der Waals surface area contributed by atoms with E-state index in [2.05, 4.69) is 8.70 Å². The zero-order valence-electron chi connectivity index (χ0n) is 2.36. The maximum absolute atomic E-state index is 8.54. The SMILES string of the molecule is [Na+].[O-]C#P. The van der Waals surface area contributed by atoms with Gasteiger partial charge in [-0.1, -0.05) is 0 Å². The molecule has 0 aliphatic rings. The second kappa shape index (κ2) is 8.90. The fourth-order valence-corrected chi connectivity index (χ4v) is 0. The van der Waals surface area contributed by atoms with Crippen molar-refractivity contribution in [3.8, 4) is 5.81 Å². The standard InChI is InChI=1S/CHOP.Na/c2-1-3;/h2H;/q;+1/p-1.